The van der Waals surface area contributed by atoms with Crippen LogP contribution in [0.4, 0.5) is 5.82 Å². The number of hydrogen-bond acceptors (Lipinski definition) is 4. The second-order valence-corrected chi connectivity index (χ2v) is 6.87. The van der Waals surface area contributed by atoms with Gasteiger partial charge in [-0.25, -0.2) is 9.97 Å². The van der Waals surface area contributed by atoms with Gasteiger partial charge in [0, 0.05) is 24.8 Å². The summed E-state index contributed by atoms with van der Waals surface area (Å²) in [5.74, 6) is 1.23. The SMILES string of the molecule is Cc1cc(N2CC3CC(C2)N3C(=O)Cc2ccccc2C)ncn1. The van der Waals surface area contributed by atoms with Gasteiger partial charge in [0.25, 0.3) is 0 Å². The van der Waals surface area contributed by atoms with Gasteiger partial charge in [-0.1, -0.05) is 24.3 Å². The summed E-state index contributed by atoms with van der Waals surface area (Å²) in [6.45, 7) is 5.78. The zero-order valence-corrected chi connectivity index (χ0v) is 14.1. The molecule has 4 heterocycles. The highest BCUT2D eigenvalue weighted by molar-refractivity contribution is 5.81. The molecule has 3 aliphatic heterocycles. The Morgan fingerprint density at radius 3 is 2.62 bits per heavy atom. The number of fused-ring (bicyclic) bond motifs is 2. The Hall–Kier alpha value is -2.43. The first-order chi connectivity index (χ1) is 11.6. The predicted molar refractivity (Wildman–Crippen MR) is 92.9 cm³/mol. The normalized spacial score (nSPS) is 22.2. The first kappa shape index (κ1) is 15.1. The van der Waals surface area contributed by atoms with Crippen LogP contribution in [0.5, 0.6) is 0 Å². The number of carbonyl (C=O) groups excluding carboxylic acids is 1. The largest absolute Gasteiger partial charge is 0.352 e. The maximum atomic E-state index is 12.7. The molecule has 1 amide bonds. The van der Waals surface area contributed by atoms with E-state index in [1.165, 1.54) is 5.56 Å². The van der Waals surface area contributed by atoms with Gasteiger partial charge in [0.2, 0.25) is 5.91 Å². The maximum Gasteiger partial charge on any atom is 0.227 e. The van der Waals surface area contributed by atoms with Gasteiger partial charge in [-0.2, -0.15) is 0 Å². The molecule has 0 aliphatic carbocycles. The third-order valence-corrected chi connectivity index (χ3v) is 5.20. The molecule has 0 saturated carbocycles. The van der Waals surface area contributed by atoms with Crippen LogP contribution in [0.25, 0.3) is 0 Å². The van der Waals surface area contributed by atoms with Gasteiger partial charge in [0.05, 0.1) is 18.5 Å². The van der Waals surface area contributed by atoms with Crippen LogP contribution >= 0.6 is 0 Å². The van der Waals surface area contributed by atoms with E-state index in [9.17, 15) is 4.79 Å². The molecule has 2 bridgehead atoms. The fourth-order valence-corrected chi connectivity index (χ4v) is 3.88. The smallest absolute Gasteiger partial charge is 0.227 e. The van der Waals surface area contributed by atoms with E-state index in [1.54, 1.807) is 6.33 Å². The van der Waals surface area contributed by atoms with Crippen molar-refractivity contribution in [2.24, 2.45) is 0 Å². The van der Waals surface area contributed by atoms with Crippen LogP contribution in [-0.4, -0.2) is 45.9 Å². The Labute approximate surface area is 142 Å². The van der Waals surface area contributed by atoms with Crippen molar-refractivity contribution in [3.8, 4) is 0 Å². The summed E-state index contributed by atoms with van der Waals surface area (Å²) in [6, 6.07) is 10.8. The number of benzene rings is 1. The lowest BCUT2D eigenvalue weighted by molar-refractivity contribution is -0.145. The summed E-state index contributed by atoms with van der Waals surface area (Å²) < 4.78 is 0. The summed E-state index contributed by atoms with van der Waals surface area (Å²) in [6.07, 6.45) is 3.23. The summed E-state index contributed by atoms with van der Waals surface area (Å²) in [5.41, 5.74) is 3.30. The van der Waals surface area contributed by atoms with Crippen LogP contribution in [0.15, 0.2) is 36.7 Å². The molecule has 3 fully saturated rings. The molecule has 5 rings (SSSR count). The average Bonchev–Trinajstić information content (AvgIpc) is 2.57. The van der Waals surface area contributed by atoms with Crippen molar-refractivity contribution in [1.82, 2.24) is 14.9 Å². The van der Waals surface area contributed by atoms with Crippen molar-refractivity contribution in [2.45, 2.75) is 38.8 Å². The Balaban J connectivity index is 1.44. The molecule has 1 aromatic carbocycles. The van der Waals surface area contributed by atoms with E-state index in [0.29, 0.717) is 18.5 Å². The zero-order valence-electron chi connectivity index (χ0n) is 14.1. The van der Waals surface area contributed by atoms with Gasteiger partial charge in [0.1, 0.15) is 12.1 Å². The standard InChI is InChI=1S/C19H22N4O/c1-13-5-3-4-6-15(13)8-19(24)23-16-9-17(23)11-22(10-16)18-7-14(2)20-12-21-18/h3-7,12,16-17H,8-11H2,1-2H3. The molecule has 0 radical (unpaired) electrons. The second-order valence-electron chi connectivity index (χ2n) is 6.87. The van der Waals surface area contributed by atoms with E-state index < -0.39 is 0 Å². The molecule has 5 nitrogen and oxygen atoms in total. The number of aryl methyl sites for hydroxylation is 2. The van der Waals surface area contributed by atoms with Crippen LogP contribution < -0.4 is 4.90 Å². The molecule has 2 aromatic rings. The topological polar surface area (TPSA) is 49.3 Å². The lowest BCUT2D eigenvalue weighted by Gasteiger charge is -2.56. The number of rotatable bonds is 3. The molecule has 0 N–H and O–H groups in total. The van der Waals surface area contributed by atoms with E-state index in [0.717, 1.165) is 36.6 Å². The van der Waals surface area contributed by atoms with E-state index in [-0.39, 0.29) is 5.91 Å². The van der Waals surface area contributed by atoms with Crippen molar-refractivity contribution in [3.05, 3.63) is 53.5 Å². The number of nitrogens with zero attached hydrogens (tertiary/aromatic N) is 4. The zero-order chi connectivity index (χ0) is 16.7. The number of hydrogen-bond donors (Lipinski definition) is 0. The lowest BCUT2D eigenvalue weighted by Crippen LogP contribution is -2.70. The molecule has 2 unspecified atom stereocenters. The molecule has 1 aromatic heterocycles. The third kappa shape index (κ3) is 2.64. The Morgan fingerprint density at radius 1 is 1.17 bits per heavy atom. The Bertz CT molecular complexity index is 763. The minimum Gasteiger partial charge on any atom is -0.352 e. The molecule has 2 atom stereocenters. The van der Waals surface area contributed by atoms with E-state index in [4.69, 9.17) is 0 Å². The number of aromatic nitrogens is 2. The average molecular weight is 322 g/mol. The molecule has 124 valence electrons. The summed E-state index contributed by atoms with van der Waals surface area (Å²) in [7, 11) is 0. The van der Waals surface area contributed by atoms with Crippen molar-refractivity contribution in [2.75, 3.05) is 18.0 Å². The molecule has 0 spiro atoms. The van der Waals surface area contributed by atoms with E-state index in [1.807, 2.05) is 25.1 Å². The monoisotopic (exact) mass is 322 g/mol. The fraction of sp³-hybridized carbons (Fsp3) is 0.421. The van der Waals surface area contributed by atoms with E-state index in [2.05, 4.69) is 38.8 Å². The van der Waals surface area contributed by atoms with Gasteiger partial charge in [-0.05, 0) is 31.4 Å². The highest BCUT2D eigenvalue weighted by Crippen LogP contribution is 2.34. The van der Waals surface area contributed by atoms with Gasteiger partial charge in [-0.3, -0.25) is 4.79 Å². The molecule has 24 heavy (non-hydrogen) atoms. The van der Waals surface area contributed by atoms with Crippen LogP contribution in [0.3, 0.4) is 0 Å². The highest BCUT2D eigenvalue weighted by atomic mass is 16.2. The predicted octanol–water partition coefficient (Wildman–Crippen LogP) is 2.13. The first-order valence-corrected chi connectivity index (χ1v) is 8.51. The summed E-state index contributed by atoms with van der Waals surface area (Å²) in [4.78, 5) is 25.7. The van der Waals surface area contributed by atoms with Gasteiger partial charge < -0.3 is 9.80 Å². The molecule has 3 saturated heterocycles. The number of anilines is 1. The molecular weight excluding hydrogens is 300 g/mol. The van der Waals surface area contributed by atoms with Crippen LogP contribution in [0.2, 0.25) is 0 Å². The summed E-state index contributed by atoms with van der Waals surface area (Å²) in [5, 5.41) is 0. The van der Waals surface area contributed by atoms with E-state index >= 15 is 0 Å². The van der Waals surface area contributed by atoms with Crippen LogP contribution in [0.1, 0.15) is 23.2 Å². The minimum absolute atomic E-state index is 0.254. The van der Waals surface area contributed by atoms with Crippen LogP contribution in [-0.2, 0) is 11.2 Å². The summed E-state index contributed by atoms with van der Waals surface area (Å²) >= 11 is 0. The third-order valence-electron chi connectivity index (χ3n) is 5.20. The fourth-order valence-electron chi connectivity index (χ4n) is 3.88. The number of piperazine rings is 1. The van der Waals surface area contributed by atoms with Gasteiger partial charge in [0.15, 0.2) is 0 Å². The number of carbonyl (C=O) groups is 1. The van der Waals surface area contributed by atoms with Crippen molar-refractivity contribution in [3.63, 3.8) is 0 Å². The van der Waals surface area contributed by atoms with Crippen molar-refractivity contribution >= 4 is 11.7 Å². The molecular formula is C19H22N4O. The van der Waals surface area contributed by atoms with Crippen molar-refractivity contribution < 1.29 is 4.79 Å². The van der Waals surface area contributed by atoms with Crippen LogP contribution in [0, 0.1) is 13.8 Å². The van der Waals surface area contributed by atoms with Gasteiger partial charge >= 0.3 is 0 Å². The minimum atomic E-state index is 0.254. The molecule has 3 aliphatic rings. The van der Waals surface area contributed by atoms with Gasteiger partial charge in [-0.15, -0.1) is 0 Å². The quantitative estimate of drug-likeness (QED) is 0.868. The van der Waals surface area contributed by atoms with Crippen molar-refractivity contribution in [1.29, 1.82) is 0 Å². The maximum absolute atomic E-state index is 12.7. The number of amides is 1. The Kier molecular flexibility index (Phi) is 3.71. The first-order valence-electron chi connectivity index (χ1n) is 8.51. The number of piperidine rings is 1. The Morgan fingerprint density at radius 2 is 1.92 bits per heavy atom. The molecule has 5 heteroatoms. The lowest BCUT2D eigenvalue weighted by atomic mass is 9.86. The highest BCUT2D eigenvalue weighted by Gasteiger charge is 2.47. The second kappa shape index (κ2) is 5.89.